The number of phenolic OH excluding ortho intramolecular Hbond substituents is 1. The molecule has 1 rings (SSSR count). The van der Waals surface area contributed by atoms with E-state index in [9.17, 15) is 4.79 Å². The van der Waals surface area contributed by atoms with Crippen LogP contribution in [0.25, 0.3) is 0 Å². The number of carbonyl (C=O) groups excluding carboxylic acids is 1. The lowest BCUT2D eigenvalue weighted by molar-refractivity contribution is -0.122. The van der Waals surface area contributed by atoms with Crippen molar-refractivity contribution in [3.63, 3.8) is 0 Å². The highest BCUT2D eigenvalue weighted by molar-refractivity contribution is 5.89. The minimum atomic E-state index is -0.794. The average Bonchev–Trinajstić information content (AvgIpc) is 2.07. The van der Waals surface area contributed by atoms with Gasteiger partial charge in [0.2, 0.25) is 0 Å². The molecule has 1 aromatic rings. The molecular weight excluding hydrogens is 178 g/mol. The summed E-state index contributed by atoms with van der Waals surface area (Å²) in [6.07, 6.45) is 0.309. The predicted octanol–water partition coefficient (Wildman–Crippen LogP) is 1.24. The van der Waals surface area contributed by atoms with Crippen LogP contribution in [-0.4, -0.2) is 16.4 Å². The van der Waals surface area contributed by atoms with Gasteiger partial charge in [-0.15, -0.1) is 0 Å². The second-order valence-electron chi connectivity index (χ2n) is 3.99. The molecule has 0 bridgehead atoms. The summed E-state index contributed by atoms with van der Waals surface area (Å²) in [4.78, 5) is 11.5. The van der Waals surface area contributed by atoms with E-state index in [4.69, 9.17) is 10.8 Å². The molecule has 0 aliphatic rings. The molecule has 0 aliphatic carbocycles. The molecule has 0 fully saturated rings. The third kappa shape index (κ3) is 2.85. The van der Waals surface area contributed by atoms with Crippen molar-refractivity contribution in [2.75, 3.05) is 0 Å². The van der Waals surface area contributed by atoms with Crippen LogP contribution in [0, 0.1) is 0 Å². The number of benzene rings is 1. The molecule has 14 heavy (non-hydrogen) atoms. The van der Waals surface area contributed by atoms with Crippen LogP contribution in [0.1, 0.15) is 19.4 Å². The van der Waals surface area contributed by atoms with Gasteiger partial charge in [-0.25, -0.2) is 0 Å². The fourth-order valence-corrected chi connectivity index (χ4v) is 1.03. The summed E-state index contributed by atoms with van der Waals surface area (Å²) in [6, 6.07) is 6.57. The SMILES string of the molecule is CC(C)(N)C(=O)Cc1ccc(O)cc1. The van der Waals surface area contributed by atoms with E-state index in [-0.39, 0.29) is 11.5 Å². The first kappa shape index (κ1) is 10.7. The van der Waals surface area contributed by atoms with Crippen molar-refractivity contribution in [2.45, 2.75) is 25.8 Å². The van der Waals surface area contributed by atoms with Crippen LogP contribution < -0.4 is 5.73 Å². The largest absolute Gasteiger partial charge is 0.508 e. The second-order valence-corrected chi connectivity index (χ2v) is 3.99. The predicted molar refractivity (Wildman–Crippen MR) is 55.1 cm³/mol. The first-order chi connectivity index (χ1) is 6.39. The first-order valence-corrected chi connectivity index (χ1v) is 4.49. The maximum absolute atomic E-state index is 11.5. The highest BCUT2D eigenvalue weighted by Gasteiger charge is 2.21. The van der Waals surface area contributed by atoms with Gasteiger partial charge in [0, 0.05) is 6.42 Å². The van der Waals surface area contributed by atoms with Gasteiger partial charge in [-0.1, -0.05) is 12.1 Å². The standard InChI is InChI=1S/C11H15NO2/c1-11(2,12)10(14)7-8-3-5-9(13)6-4-8/h3-6,13H,7,12H2,1-2H3. The minimum absolute atomic E-state index is 0.0109. The third-order valence-electron chi connectivity index (χ3n) is 2.02. The van der Waals surface area contributed by atoms with E-state index in [1.807, 2.05) is 0 Å². The van der Waals surface area contributed by atoms with Crippen molar-refractivity contribution in [1.82, 2.24) is 0 Å². The van der Waals surface area contributed by atoms with E-state index in [0.717, 1.165) is 5.56 Å². The number of nitrogens with two attached hydrogens (primary N) is 1. The topological polar surface area (TPSA) is 63.3 Å². The summed E-state index contributed by atoms with van der Waals surface area (Å²) >= 11 is 0. The van der Waals surface area contributed by atoms with Crippen LogP contribution in [0.3, 0.4) is 0 Å². The van der Waals surface area contributed by atoms with Crippen molar-refractivity contribution in [1.29, 1.82) is 0 Å². The Kier molecular flexibility index (Phi) is 2.91. The van der Waals surface area contributed by atoms with Gasteiger partial charge in [0.1, 0.15) is 5.75 Å². The van der Waals surface area contributed by atoms with Crippen molar-refractivity contribution >= 4 is 5.78 Å². The number of hydrogen-bond acceptors (Lipinski definition) is 3. The molecule has 0 aromatic heterocycles. The van der Waals surface area contributed by atoms with Gasteiger partial charge >= 0.3 is 0 Å². The van der Waals surface area contributed by atoms with Crippen molar-refractivity contribution in [3.05, 3.63) is 29.8 Å². The van der Waals surface area contributed by atoms with Crippen molar-refractivity contribution in [2.24, 2.45) is 5.73 Å². The lowest BCUT2D eigenvalue weighted by Crippen LogP contribution is -2.42. The zero-order chi connectivity index (χ0) is 10.8. The van der Waals surface area contributed by atoms with Crippen LogP contribution in [0.4, 0.5) is 0 Å². The molecule has 0 unspecified atom stereocenters. The van der Waals surface area contributed by atoms with E-state index in [1.165, 1.54) is 0 Å². The summed E-state index contributed by atoms with van der Waals surface area (Å²) in [7, 11) is 0. The fraction of sp³-hybridized carbons (Fsp3) is 0.364. The Bertz CT molecular complexity index is 322. The smallest absolute Gasteiger partial charge is 0.156 e. The zero-order valence-electron chi connectivity index (χ0n) is 8.45. The molecule has 3 nitrogen and oxygen atoms in total. The molecule has 0 spiro atoms. The summed E-state index contributed by atoms with van der Waals surface area (Å²) in [5, 5.41) is 9.04. The van der Waals surface area contributed by atoms with Gasteiger partial charge < -0.3 is 10.8 Å². The highest BCUT2D eigenvalue weighted by atomic mass is 16.3. The Balaban J connectivity index is 2.71. The molecule has 3 heteroatoms. The van der Waals surface area contributed by atoms with Crippen molar-refractivity contribution < 1.29 is 9.90 Å². The monoisotopic (exact) mass is 193 g/mol. The van der Waals surface area contributed by atoms with E-state index in [0.29, 0.717) is 6.42 Å². The quantitative estimate of drug-likeness (QED) is 0.759. The molecule has 0 atom stereocenters. The van der Waals surface area contributed by atoms with E-state index < -0.39 is 5.54 Å². The lowest BCUT2D eigenvalue weighted by atomic mass is 9.95. The highest BCUT2D eigenvalue weighted by Crippen LogP contribution is 2.12. The summed E-state index contributed by atoms with van der Waals surface area (Å²) in [6.45, 7) is 3.38. The maximum Gasteiger partial charge on any atom is 0.156 e. The number of rotatable bonds is 3. The summed E-state index contributed by atoms with van der Waals surface area (Å²) in [5.74, 6) is 0.191. The molecule has 0 amide bonds. The van der Waals surface area contributed by atoms with Crippen LogP contribution in [0.5, 0.6) is 5.75 Å². The van der Waals surface area contributed by atoms with Crippen molar-refractivity contribution in [3.8, 4) is 5.75 Å². The number of aromatic hydroxyl groups is 1. The molecule has 0 saturated heterocycles. The van der Waals surface area contributed by atoms with E-state index in [2.05, 4.69) is 0 Å². The Morgan fingerprint density at radius 2 is 1.86 bits per heavy atom. The number of hydrogen-bond donors (Lipinski definition) is 2. The van der Waals surface area contributed by atoms with Gasteiger partial charge in [-0.3, -0.25) is 4.79 Å². The molecule has 1 aromatic carbocycles. The Morgan fingerprint density at radius 3 is 2.29 bits per heavy atom. The zero-order valence-corrected chi connectivity index (χ0v) is 8.45. The molecule has 3 N–H and O–H groups in total. The maximum atomic E-state index is 11.5. The van der Waals surface area contributed by atoms with E-state index in [1.54, 1.807) is 38.1 Å². The van der Waals surface area contributed by atoms with Gasteiger partial charge in [0.15, 0.2) is 5.78 Å². The molecular formula is C11H15NO2. The number of carbonyl (C=O) groups is 1. The summed E-state index contributed by atoms with van der Waals surface area (Å²) in [5.41, 5.74) is 5.73. The van der Waals surface area contributed by atoms with Crippen LogP contribution in [0.15, 0.2) is 24.3 Å². The average molecular weight is 193 g/mol. The Morgan fingerprint density at radius 1 is 1.36 bits per heavy atom. The third-order valence-corrected chi connectivity index (χ3v) is 2.02. The Labute approximate surface area is 83.6 Å². The summed E-state index contributed by atoms with van der Waals surface area (Å²) < 4.78 is 0. The van der Waals surface area contributed by atoms with Crippen LogP contribution >= 0.6 is 0 Å². The van der Waals surface area contributed by atoms with E-state index >= 15 is 0 Å². The molecule has 76 valence electrons. The fourth-order valence-electron chi connectivity index (χ4n) is 1.03. The number of ketones is 1. The number of phenols is 1. The second kappa shape index (κ2) is 3.80. The first-order valence-electron chi connectivity index (χ1n) is 4.49. The molecule has 0 aliphatic heterocycles. The number of Topliss-reactive ketones (excluding diaryl/α,β-unsaturated/α-hetero) is 1. The van der Waals surface area contributed by atoms with Gasteiger partial charge in [0.25, 0.3) is 0 Å². The molecule has 0 heterocycles. The normalized spacial score (nSPS) is 11.4. The molecule has 0 radical (unpaired) electrons. The lowest BCUT2D eigenvalue weighted by Gasteiger charge is -2.16. The molecule has 0 saturated carbocycles. The van der Waals surface area contributed by atoms with Crippen LogP contribution in [0.2, 0.25) is 0 Å². The van der Waals surface area contributed by atoms with Gasteiger partial charge in [-0.05, 0) is 31.5 Å². The Hall–Kier alpha value is -1.35. The minimum Gasteiger partial charge on any atom is -0.508 e. The van der Waals surface area contributed by atoms with Gasteiger partial charge in [0.05, 0.1) is 5.54 Å². The van der Waals surface area contributed by atoms with Crippen LogP contribution in [-0.2, 0) is 11.2 Å². The van der Waals surface area contributed by atoms with Gasteiger partial charge in [-0.2, -0.15) is 0 Å².